The number of benzene rings is 1. The molecule has 17 heavy (non-hydrogen) atoms. The van der Waals surface area contributed by atoms with Crippen LogP contribution >= 0.6 is 0 Å². The maximum atomic E-state index is 12.0. The van der Waals surface area contributed by atoms with E-state index < -0.39 is 0 Å². The number of H-pyrrole nitrogens is 1. The van der Waals surface area contributed by atoms with Crippen molar-refractivity contribution in [2.24, 2.45) is 5.92 Å². The normalized spacial score (nSPS) is 24.3. The van der Waals surface area contributed by atoms with E-state index in [0.29, 0.717) is 11.8 Å². The lowest BCUT2D eigenvalue weighted by Gasteiger charge is -2.14. The van der Waals surface area contributed by atoms with Gasteiger partial charge in [-0.15, -0.1) is 0 Å². The monoisotopic (exact) mass is 228 g/mol. The topological polar surface area (TPSA) is 44.9 Å². The molecule has 0 aliphatic carbocycles. The van der Waals surface area contributed by atoms with Crippen molar-refractivity contribution >= 4 is 10.8 Å². The smallest absolute Gasteiger partial charge is 0.256 e. The molecule has 2 aromatic rings. The zero-order chi connectivity index (χ0) is 11.8. The van der Waals surface area contributed by atoms with E-state index in [9.17, 15) is 4.79 Å². The van der Waals surface area contributed by atoms with Crippen LogP contribution in [0.5, 0.6) is 0 Å². The van der Waals surface area contributed by atoms with Crippen LogP contribution in [0, 0.1) is 5.92 Å². The van der Waals surface area contributed by atoms with Crippen LogP contribution in [-0.2, 0) is 0 Å². The number of nitrogens with one attached hydrogen (secondary N) is 2. The molecule has 1 aromatic carbocycles. The Balaban J connectivity index is 2.15. The molecule has 1 fully saturated rings. The van der Waals surface area contributed by atoms with Gasteiger partial charge in [-0.2, -0.15) is 0 Å². The second kappa shape index (κ2) is 4.00. The van der Waals surface area contributed by atoms with Crippen LogP contribution in [0.3, 0.4) is 0 Å². The van der Waals surface area contributed by atoms with Crippen LogP contribution in [0.4, 0.5) is 0 Å². The number of pyridine rings is 1. The van der Waals surface area contributed by atoms with Crippen molar-refractivity contribution in [1.82, 2.24) is 10.3 Å². The van der Waals surface area contributed by atoms with E-state index in [0.717, 1.165) is 29.6 Å². The van der Waals surface area contributed by atoms with Gasteiger partial charge in [0.2, 0.25) is 0 Å². The molecule has 0 saturated carbocycles. The molecule has 88 valence electrons. The quantitative estimate of drug-likeness (QED) is 0.782. The molecular weight excluding hydrogens is 212 g/mol. The van der Waals surface area contributed by atoms with Crippen molar-refractivity contribution in [3.05, 3.63) is 46.4 Å². The van der Waals surface area contributed by atoms with Crippen molar-refractivity contribution in [3.8, 4) is 0 Å². The second-order valence-electron chi connectivity index (χ2n) is 4.88. The first-order valence-electron chi connectivity index (χ1n) is 6.08. The molecule has 0 unspecified atom stereocenters. The summed E-state index contributed by atoms with van der Waals surface area (Å²) in [6.07, 6.45) is 0. The van der Waals surface area contributed by atoms with E-state index >= 15 is 0 Å². The molecule has 3 rings (SSSR count). The highest BCUT2D eigenvalue weighted by Crippen LogP contribution is 2.26. The lowest BCUT2D eigenvalue weighted by atomic mass is 9.93. The third kappa shape index (κ3) is 1.76. The fraction of sp³-hybridized carbons (Fsp3) is 0.357. The number of aromatic nitrogens is 1. The van der Waals surface area contributed by atoms with Gasteiger partial charge in [-0.25, -0.2) is 0 Å². The van der Waals surface area contributed by atoms with E-state index in [-0.39, 0.29) is 5.56 Å². The first-order chi connectivity index (χ1) is 8.25. The predicted molar refractivity (Wildman–Crippen MR) is 69.3 cm³/mol. The van der Waals surface area contributed by atoms with Gasteiger partial charge in [0.25, 0.3) is 5.56 Å². The van der Waals surface area contributed by atoms with Gasteiger partial charge in [-0.3, -0.25) is 4.79 Å². The number of aromatic amines is 1. The number of hydrogen-bond acceptors (Lipinski definition) is 2. The molecule has 0 radical (unpaired) electrons. The third-order valence-electron chi connectivity index (χ3n) is 3.69. The lowest BCUT2D eigenvalue weighted by Crippen LogP contribution is -2.16. The van der Waals surface area contributed by atoms with Crippen LogP contribution in [0.25, 0.3) is 10.8 Å². The second-order valence-corrected chi connectivity index (χ2v) is 4.88. The van der Waals surface area contributed by atoms with Gasteiger partial charge in [-0.1, -0.05) is 25.1 Å². The minimum Gasteiger partial charge on any atom is -0.325 e. The predicted octanol–water partition coefficient (Wildman–Crippen LogP) is 1.85. The summed E-state index contributed by atoms with van der Waals surface area (Å²) >= 11 is 0. The first-order valence-corrected chi connectivity index (χ1v) is 6.08. The zero-order valence-corrected chi connectivity index (χ0v) is 9.86. The summed E-state index contributed by atoms with van der Waals surface area (Å²) in [7, 11) is 0. The van der Waals surface area contributed by atoms with Gasteiger partial charge in [0.1, 0.15) is 0 Å². The van der Waals surface area contributed by atoms with Crippen molar-refractivity contribution in [2.75, 3.05) is 13.1 Å². The summed E-state index contributed by atoms with van der Waals surface area (Å²) in [5.41, 5.74) is 1.09. The minimum atomic E-state index is 0.0252. The van der Waals surface area contributed by atoms with Crippen molar-refractivity contribution in [2.45, 2.75) is 12.8 Å². The number of hydrogen-bond donors (Lipinski definition) is 2. The Kier molecular flexibility index (Phi) is 2.48. The van der Waals surface area contributed by atoms with E-state index in [1.54, 1.807) is 0 Å². The first kappa shape index (κ1) is 10.5. The minimum absolute atomic E-state index is 0.0252. The van der Waals surface area contributed by atoms with Gasteiger partial charge in [-0.05, 0) is 30.0 Å². The molecule has 1 aliphatic heterocycles. The molecule has 0 bridgehead atoms. The molecule has 1 aromatic heterocycles. The average Bonchev–Trinajstić information content (AvgIpc) is 2.75. The van der Waals surface area contributed by atoms with Crippen molar-refractivity contribution < 1.29 is 0 Å². The summed E-state index contributed by atoms with van der Waals surface area (Å²) in [5.74, 6) is 0.999. The van der Waals surface area contributed by atoms with Gasteiger partial charge >= 0.3 is 0 Å². The summed E-state index contributed by atoms with van der Waals surface area (Å²) < 4.78 is 0. The number of rotatable bonds is 1. The Hall–Kier alpha value is -1.61. The molecule has 3 heteroatoms. The molecular formula is C14H16N2O. The Morgan fingerprint density at radius 1 is 1.24 bits per heavy atom. The largest absolute Gasteiger partial charge is 0.325 e. The van der Waals surface area contributed by atoms with Crippen LogP contribution in [0.15, 0.2) is 35.1 Å². The summed E-state index contributed by atoms with van der Waals surface area (Å²) in [4.78, 5) is 15.0. The average molecular weight is 228 g/mol. The molecule has 3 nitrogen and oxygen atoms in total. The highest BCUT2D eigenvalue weighted by Gasteiger charge is 2.25. The lowest BCUT2D eigenvalue weighted by molar-refractivity contribution is 0.560. The molecule has 2 N–H and O–H groups in total. The Morgan fingerprint density at radius 3 is 2.82 bits per heavy atom. The highest BCUT2D eigenvalue weighted by atomic mass is 16.1. The fourth-order valence-electron chi connectivity index (χ4n) is 2.66. The van der Waals surface area contributed by atoms with E-state index in [4.69, 9.17) is 0 Å². The van der Waals surface area contributed by atoms with Gasteiger partial charge in [0, 0.05) is 23.5 Å². The Morgan fingerprint density at radius 2 is 2.06 bits per heavy atom. The Labute approximate surface area is 99.9 Å². The maximum Gasteiger partial charge on any atom is 0.256 e. The number of fused-ring (bicyclic) bond motifs is 1. The molecule has 0 spiro atoms. The molecule has 2 heterocycles. The van der Waals surface area contributed by atoms with Crippen molar-refractivity contribution in [3.63, 3.8) is 0 Å². The summed E-state index contributed by atoms with van der Waals surface area (Å²) in [5, 5.41) is 5.17. The van der Waals surface area contributed by atoms with Crippen LogP contribution in [-0.4, -0.2) is 18.1 Å². The molecule has 1 saturated heterocycles. The van der Waals surface area contributed by atoms with E-state index in [1.165, 1.54) is 0 Å². The third-order valence-corrected chi connectivity index (χ3v) is 3.69. The summed E-state index contributed by atoms with van der Waals surface area (Å²) in [6, 6.07) is 9.86. The van der Waals surface area contributed by atoms with Crippen LogP contribution in [0.1, 0.15) is 18.5 Å². The maximum absolute atomic E-state index is 12.0. The van der Waals surface area contributed by atoms with E-state index in [1.807, 2.05) is 24.3 Å². The van der Waals surface area contributed by atoms with Crippen LogP contribution < -0.4 is 10.9 Å². The molecule has 0 amide bonds. The molecule has 2 atom stereocenters. The standard InChI is InChI=1S/C14H16N2O/c1-9-7-15-8-12(9)13-6-10-4-2-3-5-11(10)14(17)16-13/h2-6,9,12,15H,7-8H2,1H3,(H,16,17)/t9-,12-/m0/s1. The van der Waals surface area contributed by atoms with Gasteiger partial charge in [0.05, 0.1) is 0 Å². The van der Waals surface area contributed by atoms with Crippen LogP contribution in [0.2, 0.25) is 0 Å². The van der Waals surface area contributed by atoms with Gasteiger partial charge in [0.15, 0.2) is 0 Å². The molecule has 1 aliphatic rings. The highest BCUT2D eigenvalue weighted by molar-refractivity contribution is 5.81. The fourth-order valence-corrected chi connectivity index (χ4v) is 2.66. The Bertz CT molecular complexity index is 602. The van der Waals surface area contributed by atoms with Gasteiger partial charge < -0.3 is 10.3 Å². The van der Waals surface area contributed by atoms with Crippen molar-refractivity contribution in [1.29, 1.82) is 0 Å². The zero-order valence-electron chi connectivity index (χ0n) is 9.86. The summed E-state index contributed by atoms with van der Waals surface area (Å²) in [6.45, 7) is 4.20. The SMILES string of the molecule is C[C@H]1CNC[C@@H]1c1cc2ccccc2c(=O)[nH]1. The van der Waals surface area contributed by atoms with E-state index in [2.05, 4.69) is 23.3 Å².